The van der Waals surface area contributed by atoms with Crippen LogP contribution in [0.4, 0.5) is 11.4 Å². The van der Waals surface area contributed by atoms with Crippen molar-refractivity contribution in [2.24, 2.45) is 9.98 Å². The number of unbranched alkanes of at least 4 members (excludes halogenated alkanes) is 11. The van der Waals surface area contributed by atoms with Crippen LogP contribution in [0.2, 0.25) is 0 Å². The summed E-state index contributed by atoms with van der Waals surface area (Å²) in [6, 6.07) is 17.2. The molecule has 0 aliphatic heterocycles. The third-order valence-electron chi connectivity index (χ3n) is 7.83. The summed E-state index contributed by atoms with van der Waals surface area (Å²) in [4.78, 5) is 10.1. The van der Waals surface area contributed by atoms with Gasteiger partial charge in [-0.2, -0.15) is 0 Å². The molecule has 230 valence electrons. The van der Waals surface area contributed by atoms with E-state index in [0.717, 1.165) is 62.0 Å². The Morgan fingerprint density at radius 3 is 1.57 bits per heavy atom. The molecule has 2 aromatic rings. The van der Waals surface area contributed by atoms with Crippen molar-refractivity contribution < 1.29 is 0 Å². The molecule has 42 heavy (non-hydrogen) atoms. The van der Waals surface area contributed by atoms with Crippen LogP contribution in [0.3, 0.4) is 0 Å². The van der Waals surface area contributed by atoms with Crippen LogP contribution in [0.15, 0.2) is 82.8 Å². The van der Waals surface area contributed by atoms with Gasteiger partial charge < -0.3 is 0 Å². The molecule has 0 bridgehead atoms. The van der Waals surface area contributed by atoms with Gasteiger partial charge in [0.15, 0.2) is 0 Å². The molecular weight excluding hydrogens is 508 g/mol. The van der Waals surface area contributed by atoms with Crippen LogP contribution >= 0.6 is 0 Å². The fourth-order valence-corrected chi connectivity index (χ4v) is 5.17. The highest BCUT2D eigenvalue weighted by molar-refractivity contribution is 6.31. The number of hydrogen-bond acceptors (Lipinski definition) is 2. The van der Waals surface area contributed by atoms with E-state index in [1.54, 1.807) is 0 Å². The molecule has 2 rings (SSSR count). The van der Waals surface area contributed by atoms with E-state index in [-0.39, 0.29) is 0 Å². The molecule has 0 spiro atoms. The lowest BCUT2D eigenvalue weighted by Crippen LogP contribution is -2.00. The quantitative estimate of drug-likeness (QED) is 0.0683. The number of allylic oxidation sites excluding steroid dienone is 4. The summed E-state index contributed by atoms with van der Waals surface area (Å²) in [5.74, 6) is 0. The highest BCUT2D eigenvalue weighted by atomic mass is 14.8. The average Bonchev–Trinajstić information content (AvgIpc) is 3.02. The first kappa shape index (κ1) is 35.5. The molecule has 0 unspecified atom stereocenters. The maximum atomic E-state index is 5.15. The topological polar surface area (TPSA) is 24.7 Å². The fraction of sp³-hybridized carbons (Fsp3) is 0.550. The number of hydrogen-bond donors (Lipinski definition) is 0. The fourth-order valence-electron chi connectivity index (χ4n) is 5.17. The molecule has 0 N–H and O–H groups in total. The van der Waals surface area contributed by atoms with Crippen molar-refractivity contribution in [3.8, 4) is 0 Å². The summed E-state index contributed by atoms with van der Waals surface area (Å²) in [5.41, 5.74) is 5.88. The van der Waals surface area contributed by atoms with Gasteiger partial charge in [0.05, 0.1) is 17.1 Å². The lowest BCUT2D eigenvalue weighted by atomic mass is 10.1. The van der Waals surface area contributed by atoms with Gasteiger partial charge in [0, 0.05) is 6.21 Å². The Labute approximate surface area is 259 Å². The first-order valence-electron chi connectivity index (χ1n) is 17.4. The van der Waals surface area contributed by atoms with Gasteiger partial charge in [-0.25, -0.2) is 0 Å². The SMILES string of the molecule is CCCCCCCC=CCCc1ccccc1N=CC(CCCC)=Nc1ccccc1CCC=CCCCCCCC. The van der Waals surface area contributed by atoms with Gasteiger partial charge in [-0.05, 0) is 87.5 Å². The third kappa shape index (κ3) is 16.6. The van der Waals surface area contributed by atoms with Crippen molar-refractivity contribution >= 4 is 23.3 Å². The normalized spacial score (nSPS) is 12.4. The summed E-state index contributed by atoms with van der Waals surface area (Å²) in [5, 5.41) is 0. The van der Waals surface area contributed by atoms with Crippen LogP contribution in [0, 0.1) is 0 Å². The molecule has 0 fully saturated rings. The third-order valence-corrected chi connectivity index (χ3v) is 7.83. The molecule has 0 amide bonds. The number of aryl methyl sites for hydroxylation is 2. The Morgan fingerprint density at radius 2 is 1.00 bits per heavy atom. The Kier molecular flexibility index (Phi) is 21.0. The first-order chi connectivity index (χ1) is 20.8. The minimum Gasteiger partial charge on any atom is -0.255 e. The second kappa shape index (κ2) is 24.8. The van der Waals surface area contributed by atoms with Crippen LogP contribution in [0.25, 0.3) is 0 Å². The number of benzene rings is 2. The number of para-hydroxylation sites is 2. The smallest absolute Gasteiger partial charge is 0.0665 e. The average molecular weight is 569 g/mol. The Balaban J connectivity index is 1.98. The maximum absolute atomic E-state index is 5.15. The van der Waals surface area contributed by atoms with Crippen molar-refractivity contribution in [2.45, 2.75) is 143 Å². The van der Waals surface area contributed by atoms with E-state index in [1.807, 2.05) is 6.21 Å². The Bertz CT molecular complexity index is 1060. The van der Waals surface area contributed by atoms with Gasteiger partial charge in [-0.3, -0.25) is 9.98 Å². The van der Waals surface area contributed by atoms with E-state index >= 15 is 0 Å². The number of aliphatic imine (C=N–C) groups is 2. The molecule has 0 aliphatic rings. The Hall–Kier alpha value is -2.74. The molecule has 0 radical (unpaired) electrons. The van der Waals surface area contributed by atoms with Crippen molar-refractivity contribution in [3.05, 3.63) is 84.0 Å². The molecule has 0 saturated carbocycles. The summed E-state index contributed by atoms with van der Waals surface area (Å²) in [6.07, 6.45) is 34.8. The number of nitrogens with zero attached hydrogens (tertiary/aromatic N) is 2. The van der Waals surface area contributed by atoms with E-state index in [9.17, 15) is 0 Å². The molecule has 0 aliphatic carbocycles. The molecule has 0 aromatic heterocycles. The van der Waals surface area contributed by atoms with Gasteiger partial charge in [0.2, 0.25) is 0 Å². The lowest BCUT2D eigenvalue weighted by molar-refractivity contribution is 0.637. The van der Waals surface area contributed by atoms with E-state index in [4.69, 9.17) is 9.98 Å². The van der Waals surface area contributed by atoms with Gasteiger partial charge in [0.1, 0.15) is 0 Å². The minimum atomic E-state index is 0.954. The van der Waals surface area contributed by atoms with Crippen LogP contribution in [-0.2, 0) is 12.8 Å². The second-order valence-corrected chi connectivity index (χ2v) is 11.6. The largest absolute Gasteiger partial charge is 0.255 e. The lowest BCUT2D eigenvalue weighted by Gasteiger charge is -2.07. The summed E-state index contributed by atoms with van der Waals surface area (Å²) < 4.78 is 0. The van der Waals surface area contributed by atoms with Crippen LogP contribution < -0.4 is 0 Å². The van der Waals surface area contributed by atoms with Gasteiger partial charge >= 0.3 is 0 Å². The highest BCUT2D eigenvalue weighted by Gasteiger charge is 2.04. The number of rotatable bonds is 24. The zero-order chi connectivity index (χ0) is 29.9. The summed E-state index contributed by atoms with van der Waals surface area (Å²) in [7, 11) is 0. The zero-order valence-corrected chi connectivity index (χ0v) is 27.3. The van der Waals surface area contributed by atoms with E-state index < -0.39 is 0 Å². The molecule has 2 nitrogen and oxygen atoms in total. The standard InChI is InChI=1S/C40H60N2/c1-4-7-10-12-14-16-18-20-22-28-36-30-24-26-33-39(36)41-35-38(32-9-6-3)42-40-34-27-25-31-37(40)29-23-21-19-17-15-13-11-8-5-2/h18-21,24-27,30-31,33-35H,4-17,22-23,28-29,32H2,1-3H3. The van der Waals surface area contributed by atoms with Gasteiger partial charge in [0.25, 0.3) is 0 Å². The van der Waals surface area contributed by atoms with Gasteiger partial charge in [-0.1, -0.05) is 139 Å². The van der Waals surface area contributed by atoms with Crippen molar-refractivity contribution in [1.29, 1.82) is 0 Å². The summed E-state index contributed by atoms with van der Waals surface area (Å²) in [6.45, 7) is 6.79. The van der Waals surface area contributed by atoms with E-state index in [0.29, 0.717) is 0 Å². The van der Waals surface area contributed by atoms with Crippen LogP contribution in [0.5, 0.6) is 0 Å². The van der Waals surface area contributed by atoms with Crippen LogP contribution in [-0.4, -0.2) is 11.9 Å². The second-order valence-electron chi connectivity index (χ2n) is 11.6. The molecule has 0 atom stereocenters. The van der Waals surface area contributed by atoms with E-state index in [1.165, 1.54) is 88.2 Å². The van der Waals surface area contributed by atoms with Crippen LogP contribution in [0.1, 0.15) is 141 Å². The highest BCUT2D eigenvalue weighted by Crippen LogP contribution is 2.23. The maximum Gasteiger partial charge on any atom is 0.0665 e. The van der Waals surface area contributed by atoms with Gasteiger partial charge in [-0.15, -0.1) is 0 Å². The predicted molar refractivity (Wildman–Crippen MR) is 189 cm³/mol. The van der Waals surface area contributed by atoms with Crippen molar-refractivity contribution in [3.63, 3.8) is 0 Å². The Morgan fingerprint density at radius 1 is 0.524 bits per heavy atom. The van der Waals surface area contributed by atoms with Crippen molar-refractivity contribution in [1.82, 2.24) is 0 Å². The molecular formula is C40H60N2. The molecule has 0 saturated heterocycles. The molecule has 0 heterocycles. The predicted octanol–water partition coefficient (Wildman–Crippen LogP) is 13.1. The molecule has 2 heteroatoms. The monoisotopic (exact) mass is 568 g/mol. The minimum absolute atomic E-state index is 0.954. The van der Waals surface area contributed by atoms with E-state index in [2.05, 4.69) is 93.6 Å². The summed E-state index contributed by atoms with van der Waals surface area (Å²) >= 11 is 0. The zero-order valence-electron chi connectivity index (χ0n) is 27.3. The molecule has 2 aromatic carbocycles. The van der Waals surface area contributed by atoms with Crippen molar-refractivity contribution in [2.75, 3.05) is 0 Å². The first-order valence-corrected chi connectivity index (χ1v) is 17.4.